The summed E-state index contributed by atoms with van der Waals surface area (Å²) in [6, 6.07) is 3.82. The maximum Gasteiger partial charge on any atom is 0.389 e. The van der Waals surface area contributed by atoms with Crippen LogP contribution in [0, 0.1) is 6.92 Å². The quantitative estimate of drug-likeness (QED) is 0.532. The predicted molar refractivity (Wildman–Crippen MR) is 134 cm³/mol. The van der Waals surface area contributed by atoms with Gasteiger partial charge >= 0.3 is 6.18 Å². The van der Waals surface area contributed by atoms with E-state index in [1.807, 2.05) is 35.7 Å². The van der Waals surface area contributed by atoms with Crippen molar-refractivity contribution in [3.05, 3.63) is 39.8 Å². The van der Waals surface area contributed by atoms with Gasteiger partial charge in [0.1, 0.15) is 0 Å². The van der Waals surface area contributed by atoms with Crippen molar-refractivity contribution in [2.45, 2.75) is 57.3 Å². The molecule has 200 valence electrons. The fourth-order valence-corrected chi connectivity index (χ4v) is 5.60. The average molecular weight is 520 g/mol. The maximum absolute atomic E-state index is 13.6. The summed E-state index contributed by atoms with van der Waals surface area (Å²) in [6.07, 6.45) is -1.00. The van der Waals surface area contributed by atoms with Gasteiger partial charge in [-0.3, -0.25) is 14.3 Å². The van der Waals surface area contributed by atoms with Crippen LogP contribution in [0.2, 0.25) is 0 Å². The summed E-state index contributed by atoms with van der Waals surface area (Å²) in [5.41, 5.74) is 2.48. The highest BCUT2D eigenvalue weighted by Crippen LogP contribution is 2.31. The summed E-state index contributed by atoms with van der Waals surface area (Å²) in [6.45, 7) is 4.48. The summed E-state index contributed by atoms with van der Waals surface area (Å²) in [4.78, 5) is 33.0. The minimum atomic E-state index is -4.15. The first-order valence-electron chi connectivity index (χ1n) is 12.8. The molecule has 1 aromatic carbocycles. The molecule has 2 fully saturated rings. The second-order valence-electron chi connectivity index (χ2n) is 10.3. The number of ether oxygens (including phenoxy) is 1. The van der Waals surface area contributed by atoms with Crippen molar-refractivity contribution in [1.82, 2.24) is 24.6 Å². The number of alkyl halides is 3. The Kier molecular flexibility index (Phi) is 7.01. The minimum absolute atomic E-state index is 0.0240. The first-order chi connectivity index (χ1) is 17.6. The number of H-pyrrole nitrogens is 1. The van der Waals surface area contributed by atoms with E-state index in [1.54, 1.807) is 11.1 Å². The molecule has 5 rings (SSSR count). The lowest BCUT2D eigenvalue weighted by Gasteiger charge is -2.25. The molecule has 3 aromatic rings. The maximum atomic E-state index is 13.6. The molecule has 1 N–H and O–H groups in total. The summed E-state index contributed by atoms with van der Waals surface area (Å²) >= 11 is 0. The first-order valence-corrected chi connectivity index (χ1v) is 12.8. The van der Waals surface area contributed by atoms with Crippen LogP contribution in [-0.2, 0) is 4.74 Å². The minimum Gasteiger partial charge on any atom is -0.381 e. The standard InChI is InChI=1S/C26H32F3N5O3/c1-16-12-22-20(23-21(24(35)31-22)14-30-34(23)17-5-10-37-11-6-17)13-19(16)25(36)33-9-4-18(15-33)32(2)8-3-7-26(27,28)29/h12-14,17-18H,3-11,15H2,1-2H3,(H,31,35)/t18-/m1/s1. The Morgan fingerprint density at radius 3 is 2.70 bits per heavy atom. The smallest absolute Gasteiger partial charge is 0.381 e. The molecule has 0 saturated carbocycles. The number of hydrogen-bond acceptors (Lipinski definition) is 5. The van der Waals surface area contributed by atoms with Crippen LogP contribution in [-0.4, -0.2) is 82.6 Å². The van der Waals surface area contributed by atoms with Crippen LogP contribution in [0.3, 0.4) is 0 Å². The van der Waals surface area contributed by atoms with E-state index in [4.69, 9.17) is 4.74 Å². The van der Waals surface area contributed by atoms with Crippen LogP contribution in [0.25, 0.3) is 21.8 Å². The van der Waals surface area contributed by atoms with Gasteiger partial charge in [0.25, 0.3) is 11.5 Å². The SMILES string of the molecule is Cc1cc2[nH]c(=O)c3cnn(C4CCOCC4)c3c2cc1C(=O)N1CC[C@@H](N(C)CCCC(F)(F)F)C1. The molecule has 2 aromatic heterocycles. The van der Waals surface area contributed by atoms with E-state index in [0.29, 0.717) is 49.3 Å². The van der Waals surface area contributed by atoms with Crippen LogP contribution in [0.5, 0.6) is 0 Å². The number of pyridine rings is 1. The Bertz CT molecular complexity index is 1360. The third-order valence-corrected chi connectivity index (χ3v) is 7.72. The molecule has 0 spiro atoms. The number of nitrogens with one attached hydrogen (secondary N) is 1. The van der Waals surface area contributed by atoms with Gasteiger partial charge in [-0.2, -0.15) is 18.3 Å². The van der Waals surface area contributed by atoms with Crippen LogP contribution >= 0.6 is 0 Å². The van der Waals surface area contributed by atoms with Crippen molar-refractivity contribution in [2.24, 2.45) is 0 Å². The summed E-state index contributed by atoms with van der Waals surface area (Å²) < 4.78 is 44.9. The Balaban J connectivity index is 1.41. The largest absolute Gasteiger partial charge is 0.389 e. The van der Waals surface area contributed by atoms with Gasteiger partial charge in [-0.05, 0) is 63.9 Å². The second kappa shape index (κ2) is 10.1. The van der Waals surface area contributed by atoms with Gasteiger partial charge < -0.3 is 19.5 Å². The van der Waals surface area contributed by atoms with Crippen LogP contribution in [0.1, 0.15) is 54.1 Å². The third kappa shape index (κ3) is 5.24. The lowest BCUT2D eigenvalue weighted by Crippen LogP contribution is -2.37. The number of nitrogens with zero attached hydrogens (tertiary/aromatic N) is 4. The Labute approximate surface area is 212 Å². The monoisotopic (exact) mass is 519 g/mol. The number of rotatable bonds is 6. The number of aryl methyl sites for hydroxylation is 1. The van der Waals surface area contributed by atoms with E-state index in [-0.39, 0.29) is 30.0 Å². The highest BCUT2D eigenvalue weighted by atomic mass is 19.4. The van der Waals surface area contributed by atoms with Crippen molar-refractivity contribution < 1.29 is 22.7 Å². The highest BCUT2D eigenvalue weighted by Gasteiger charge is 2.32. The molecule has 2 aliphatic heterocycles. The zero-order valence-corrected chi connectivity index (χ0v) is 21.1. The van der Waals surface area contributed by atoms with Gasteiger partial charge in [0.05, 0.1) is 28.7 Å². The van der Waals surface area contributed by atoms with Gasteiger partial charge in [0.2, 0.25) is 0 Å². The van der Waals surface area contributed by atoms with Crippen molar-refractivity contribution in [2.75, 3.05) is 39.9 Å². The number of carbonyl (C=O) groups excluding carboxylic acids is 1. The normalized spacial score (nSPS) is 19.5. The van der Waals surface area contributed by atoms with Gasteiger partial charge in [-0.1, -0.05) is 0 Å². The van der Waals surface area contributed by atoms with Crippen molar-refractivity contribution in [3.63, 3.8) is 0 Å². The van der Waals surface area contributed by atoms with Gasteiger partial charge in [-0.25, -0.2) is 0 Å². The Hall–Kier alpha value is -2.92. The zero-order chi connectivity index (χ0) is 26.3. The zero-order valence-electron chi connectivity index (χ0n) is 21.1. The van der Waals surface area contributed by atoms with Crippen LogP contribution in [0.4, 0.5) is 13.2 Å². The molecule has 1 atom stereocenters. The Morgan fingerprint density at radius 1 is 1.22 bits per heavy atom. The number of aromatic amines is 1. The number of halogens is 3. The molecule has 0 bridgehead atoms. The number of hydrogen-bond donors (Lipinski definition) is 1. The van der Waals surface area contributed by atoms with E-state index in [2.05, 4.69) is 10.1 Å². The number of fused-ring (bicyclic) bond motifs is 3. The summed E-state index contributed by atoms with van der Waals surface area (Å²) in [7, 11) is 1.82. The topological polar surface area (TPSA) is 83.5 Å². The molecule has 1 amide bonds. The van der Waals surface area contributed by atoms with Gasteiger partial charge in [0, 0.05) is 49.7 Å². The molecular weight excluding hydrogens is 487 g/mol. The second-order valence-corrected chi connectivity index (χ2v) is 10.3. The van der Waals surface area contributed by atoms with E-state index < -0.39 is 12.6 Å². The number of likely N-dealkylation sites (tertiary alicyclic amines) is 1. The summed E-state index contributed by atoms with van der Waals surface area (Å²) in [5.74, 6) is -0.109. The average Bonchev–Trinajstić information content (AvgIpc) is 3.52. The molecule has 4 heterocycles. The molecule has 37 heavy (non-hydrogen) atoms. The fraction of sp³-hybridized carbons (Fsp3) is 0.577. The number of likely N-dealkylation sites (N-methyl/N-ethyl adjacent to an activating group) is 1. The van der Waals surface area contributed by atoms with Gasteiger partial charge in [0.15, 0.2) is 0 Å². The number of amides is 1. The van der Waals surface area contributed by atoms with Crippen LogP contribution in [0.15, 0.2) is 23.1 Å². The summed E-state index contributed by atoms with van der Waals surface area (Å²) in [5, 5.41) is 5.80. The lowest BCUT2D eigenvalue weighted by molar-refractivity contribution is -0.136. The molecule has 2 saturated heterocycles. The fourth-order valence-electron chi connectivity index (χ4n) is 5.60. The number of benzene rings is 1. The van der Waals surface area contributed by atoms with Crippen molar-refractivity contribution >= 4 is 27.7 Å². The third-order valence-electron chi connectivity index (χ3n) is 7.72. The molecule has 0 unspecified atom stereocenters. The molecule has 0 aliphatic carbocycles. The molecular formula is C26H32F3N5O3. The first kappa shape index (κ1) is 25.7. The molecule has 8 nitrogen and oxygen atoms in total. The Morgan fingerprint density at radius 2 is 1.97 bits per heavy atom. The number of carbonyl (C=O) groups is 1. The molecule has 11 heteroatoms. The van der Waals surface area contributed by atoms with E-state index in [9.17, 15) is 22.8 Å². The molecule has 2 aliphatic rings. The van der Waals surface area contributed by atoms with Gasteiger partial charge in [-0.15, -0.1) is 0 Å². The molecule has 0 radical (unpaired) electrons. The van der Waals surface area contributed by atoms with Crippen LogP contribution < -0.4 is 5.56 Å². The van der Waals surface area contributed by atoms with E-state index in [1.165, 1.54) is 0 Å². The van der Waals surface area contributed by atoms with E-state index in [0.717, 1.165) is 35.7 Å². The predicted octanol–water partition coefficient (Wildman–Crippen LogP) is 4.03. The lowest BCUT2D eigenvalue weighted by atomic mass is 10.0. The van der Waals surface area contributed by atoms with E-state index >= 15 is 0 Å². The van der Waals surface area contributed by atoms with Crippen molar-refractivity contribution in [3.8, 4) is 0 Å². The van der Waals surface area contributed by atoms with Crippen molar-refractivity contribution in [1.29, 1.82) is 0 Å². The number of aromatic nitrogens is 3. The highest BCUT2D eigenvalue weighted by molar-refractivity contribution is 6.07.